The maximum absolute atomic E-state index is 12.3. The van der Waals surface area contributed by atoms with E-state index in [1.807, 2.05) is 30.3 Å². The standard InChI is InChI=1S/C17H21N3O2/c18-9-13-7-4-8-14(13)17(21)19-10-15-16(22-11-20-15)12-5-2-1-3-6-12/h1-3,5-6,11,13-14H,4,7-10,18H2,(H,19,21)/t13-,14-/m1/s1. The van der Waals surface area contributed by atoms with Crippen LogP contribution < -0.4 is 11.1 Å². The third-order valence-electron chi connectivity index (χ3n) is 4.41. The SMILES string of the molecule is NC[C@H]1CCC[C@H]1C(=O)NCc1ncoc1-c1ccccc1. The second kappa shape index (κ2) is 6.75. The third-order valence-corrected chi connectivity index (χ3v) is 4.41. The minimum Gasteiger partial charge on any atom is -0.443 e. The summed E-state index contributed by atoms with van der Waals surface area (Å²) in [5.41, 5.74) is 7.46. The van der Waals surface area contributed by atoms with Crippen molar-refractivity contribution >= 4 is 5.91 Å². The van der Waals surface area contributed by atoms with Crippen molar-refractivity contribution in [3.63, 3.8) is 0 Å². The second-order valence-corrected chi connectivity index (χ2v) is 5.75. The number of carbonyl (C=O) groups is 1. The monoisotopic (exact) mass is 299 g/mol. The first kappa shape index (κ1) is 14.8. The summed E-state index contributed by atoms with van der Waals surface area (Å²) in [6, 6.07) is 9.78. The predicted molar refractivity (Wildman–Crippen MR) is 83.7 cm³/mol. The molecule has 0 spiro atoms. The van der Waals surface area contributed by atoms with Crippen LogP contribution in [0.5, 0.6) is 0 Å². The van der Waals surface area contributed by atoms with Gasteiger partial charge in [0, 0.05) is 11.5 Å². The van der Waals surface area contributed by atoms with Crippen molar-refractivity contribution in [2.45, 2.75) is 25.8 Å². The van der Waals surface area contributed by atoms with Crippen LogP contribution in [-0.2, 0) is 11.3 Å². The molecule has 3 rings (SSSR count). The highest BCUT2D eigenvalue weighted by molar-refractivity contribution is 5.79. The average molecular weight is 299 g/mol. The first-order chi connectivity index (χ1) is 10.8. The van der Waals surface area contributed by atoms with E-state index in [4.69, 9.17) is 10.2 Å². The van der Waals surface area contributed by atoms with E-state index in [0.717, 1.165) is 30.5 Å². The van der Waals surface area contributed by atoms with Crippen LogP contribution in [0.3, 0.4) is 0 Å². The molecule has 0 bridgehead atoms. The molecule has 1 aromatic heterocycles. The van der Waals surface area contributed by atoms with Crippen molar-refractivity contribution in [2.75, 3.05) is 6.54 Å². The van der Waals surface area contributed by atoms with E-state index in [1.54, 1.807) is 0 Å². The van der Waals surface area contributed by atoms with Crippen molar-refractivity contribution in [1.29, 1.82) is 0 Å². The molecule has 0 radical (unpaired) electrons. The molecule has 116 valence electrons. The molecule has 1 aliphatic rings. The lowest BCUT2D eigenvalue weighted by Gasteiger charge is -2.17. The number of hydrogen-bond acceptors (Lipinski definition) is 4. The molecule has 3 N–H and O–H groups in total. The van der Waals surface area contributed by atoms with Crippen LogP contribution >= 0.6 is 0 Å². The Balaban J connectivity index is 1.65. The van der Waals surface area contributed by atoms with Gasteiger partial charge in [-0.1, -0.05) is 36.8 Å². The van der Waals surface area contributed by atoms with Crippen LogP contribution in [-0.4, -0.2) is 17.4 Å². The Morgan fingerprint density at radius 2 is 2.14 bits per heavy atom. The first-order valence-electron chi connectivity index (χ1n) is 7.75. The van der Waals surface area contributed by atoms with E-state index < -0.39 is 0 Å². The molecule has 5 nitrogen and oxygen atoms in total. The van der Waals surface area contributed by atoms with Crippen LogP contribution in [0.15, 0.2) is 41.1 Å². The topological polar surface area (TPSA) is 81.2 Å². The summed E-state index contributed by atoms with van der Waals surface area (Å²) in [7, 11) is 0. The normalized spacial score (nSPS) is 21.0. The Hall–Kier alpha value is -2.14. The smallest absolute Gasteiger partial charge is 0.223 e. The van der Waals surface area contributed by atoms with Gasteiger partial charge in [-0.2, -0.15) is 0 Å². The summed E-state index contributed by atoms with van der Waals surface area (Å²) in [6.45, 7) is 0.963. The maximum atomic E-state index is 12.3. The number of amides is 1. The fraction of sp³-hybridized carbons (Fsp3) is 0.412. The molecule has 1 aliphatic carbocycles. The zero-order chi connectivity index (χ0) is 15.4. The molecule has 2 aromatic rings. The van der Waals surface area contributed by atoms with Crippen molar-refractivity contribution in [3.8, 4) is 11.3 Å². The summed E-state index contributed by atoms with van der Waals surface area (Å²) < 4.78 is 5.47. The number of carbonyl (C=O) groups excluding carboxylic acids is 1. The molecule has 22 heavy (non-hydrogen) atoms. The van der Waals surface area contributed by atoms with Crippen LogP contribution in [0.25, 0.3) is 11.3 Å². The van der Waals surface area contributed by atoms with Crippen LogP contribution in [0, 0.1) is 11.8 Å². The lowest BCUT2D eigenvalue weighted by molar-refractivity contribution is -0.126. The zero-order valence-corrected chi connectivity index (χ0v) is 12.5. The second-order valence-electron chi connectivity index (χ2n) is 5.75. The molecule has 1 saturated carbocycles. The van der Waals surface area contributed by atoms with E-state index in [0.29, 0.717) is 24.8 Å². The fourth-order valence-electron chi connectivity index (χ4n) is 3.19. The number of aromatic nitrogens is 1. The van der Waals surface area contributed by atoms with Crippen molar-refractivity contribution in [1.82, 2.24) is 10.3 Å². The van der Waals surface area contributed by atoms with Crippen LogP contribution in [0.1, 0.15) is 25.0 Å². The number of nitrogens with one attached hydrogen (secondary N) is 1. The molecule has 0 saturated heterocycles. The van der Waals surface area contributed by atoms with Gasteiger partial charge in [0.2, 0.25) is 5.91 Å². The Morgan fingerprint density at radius 3 is 2.91 bits per heavy atom. The number of rotatable bonds is 5. The van der Waals surface area contributed by atoms with E-state index in [1.165, 1.54) is 6.39 Å². The van der Waals surface area contributed by atoms with E-state index >= 15 is 0 Å². The molecule has 2 atom stereocenters. The first-order valence-corrected chi connectivity index (χ1v) is 7.75. The quantitative estimate of drug-likeness (QED) is 0.888. The van der Waals surface area contributed by atoms with E-state index in [9.17, 15) is 4.79 Å². The van der Waals surface area contributed by atoms with Gasteiger partial charge < -0.3 is 15.5 Å². The highest BCUT2D eigenvalue weighted by Gasteiger charge is 2.31. The molecular formula is C17H21N3O2. The summed E-state index contributed by atoms with van der Waals surface area (Å²) in [6.07, 6.45) is 4.48. The van der Waals surface area contributed by atoms with Crippen molar-refractivity contribution < 1.29 is 9.21 Å². The van der Waals surface area contributed by atoms with Crippen molar-refractivity contribution in [2.24, 2.45) is 17.6 Å². The van der Waals surface area contributed by atoms with Gasteiger partial charge in [0.05, 0.1) is 6.54 Å². The van der Waals surface area contributed by atoms with Crippen LogP contribution in [0.2, 0.25) is 0 Å². The lowest BCUT2D eigenvalue weighted by atomic mass is 9.95. The van der Waals surface area contributed by atoms with Gasteiger partial charge in [0.1, 0.15) is 5.69 Å². The molecule has 1 amide bonds. The Labute approximate surface area is 129 Å². The van der Waals surface area contributed by atoms with Crippen LogP contribution in [0.4, 0.5) is 0 Å². The number of oxazole rings is 1. The lowest BCUT2D eigenvalue weighted by Crippen LogP contribution is -2.34. The average Bonchev–Trinajstić information content (AvgIpc) is 3.22. The summed E-state index contributed by atoms with van der Waals surface area (Å²) in [4.78, 5) is 16.6. The number of hydrogen-bond donors (Lipinski definition) is 2. The summed E-state index contributed by atoms with van der Waals surface area (Å²) >= 11 is 0. The Bertz CT molecular complexity index is 624. The molecular weight excluding hydrogens is 278 g/mol. The third kappa shape index (κ3) is 3.04. The molecule has 5 heteroatoms. The highest BCUT2D eigenvalue weighted by atomic mass is 16.3. The minimum atomic E-state index is 0.0390. The largest absolute Gasteiger partial charge is 0.443 e. The van der Waals surface area contributed by atoms with Gasteiger partial charge >= 0.3 is 0 Å². The summed E-state index contributed by atoms with van der Waals surface area (Å²) in [5.74, 6) is 1.14. The zero-order valence-electron chi connectivity index (χ0n) is 12.5. The van der Waals surface area contributed by atoms with Gasteiger partial charge in [-0.3, -0.25) is 4.79 Å². The van der Waals surface area contributed by atoms with Gasteiger partial charge in [-0.05, 0) is 25.3 Å². The summed E-state index contributed by atoms with van der Waals surface area (Å²) in [5, 5.41) is 2.98. The van der Waals surface area contributed by atoms with Gasteiger partial charge in [-0.15, -0.1) is 0 Å². The predicted octanol–water partition coefficient (Wildman–Crippen LogP) is 2.33. The molecule has 1 heterocycles. The van der Waals surface area contributed by atoms with Gasteiger partial charge in [0.25, 0.3) is 0 Å². The Morgan fingerprint density at radius 1 is 1.32 bits per heavy atom. The van der Waals surface area contributed by atoms with E-state index in [2.05, 4.69) is 10.3 Å². The minimum absolute atomic E-state index is 0.0390. The number of nitrogens with zero attached hydrogens (tertiary/aromatic N) is 1. The van der Waals surface area contributed by atoms with Gasteiger partial charge in [-0.25, -0.2) is 4.98 Å². The molecule has 0 unspecified atom stereocenters. The fourth-order valence-corrected chi connectivity index (χ4v) is 3.19. The highest BCUT2D eigenvalue weighted by Crippen LogP contribution is 2.31. The molecule has 1 fully saturated rings. The number of benzene rings is 1. The maximum Gasteiger partial charge on any atom is 0.223 e. The van der Waals surface area contributed by atoms with Gasteiger partial charge in [0.15, 0.2) is 12.2 Å². The molecule has 0 aliphatic heterocycles. The molecule has 1 aromatic carbocycles. The van der Waals surface area contributed by atoms with Crippen molar-refractivity contribution in [3.05, 3.63) is 42.4 Å². The van der Waals surface area contributed by atoms with E-state index in [-0.39, 0.29) is 11.8 Å². The Kier molecular flexibility index (Phi) is 4.53. The number of nitrogens with two attached hydrogens (primary N) is 1.